The molecule has 19 heteroatoms. The first-order valence-electron chi connectivity index (χ1n) is 38.4. The minimum Gasteiger partial charge on any atom is -0.462 e. The third kappa shape index (κ3) is 71.6. The molecule has 0 aromatic rings. The molecule has 0 aromatic heterocycles. The maximum atomic E-state index is 13.1. The first-order valence-corrected chi connectivity index (χ1v) is 41.4. The Labute approximate surface area is 605 Å². The van der Waals surface area contributed by atoms with E-state index in [1.54, 1.807) is 0 Å². The maximum Gasteiger partial charge on any atom is 0.472 e. The van der Waals surface area contributed by atoms with Gasteiger partial charge in [0.2, 0.25) is 0 Å². The van der Waals surface area contributed by atoms with E-state index in [4.69, 9.17) is 37.0 Å². The van der Waals surface area contributed by atoms with E-state index < -0.39 is 97.5 Å². The summed E-state index contributed by atoms with van der Waals surface area (Å²) in [6.07, 6.45) is 80.2. The van der Waals surface area contributed by atoms with Crippen LogP contribution >= 0.6 is 15.6 Å². The SMILES string of the molecule is CC/C=C\C/C=C\C/C=C\C/C=C\C/C=C\CCCCCC(=O)OCC(COP(=O)(O)OCC(O)COP(=O)(O)OCC(COC(=O)CCCCCCC/C=C\CCCCCCCC)OC(=O)CCCCCCC/C=C\CCCC)OC(=O)CCCC/C=C\C/C=C\C/C=C\C/C=C\CC. The summed E-state index contributed by atoms with van der Waals surface area (Å²) in [5, 5.41) is 10.6. The summed E-state index contributed by atoms with van der Waals surface area (Å²) in [6.45, 7) is 4.49. The maximum absolute atomic E-state index is 13.1. The fraction of sp³-hybridized carbons (Fsp3) is 0.679. The largest absolute Gasteiger partial charge is 0.472 e. The van der Waals surface area contributed by atoms with E-state index in [9.17, 15) is 43.2 Å². The fourth-order valence-corrected chi connectivity index (χ4v) is 11.3. The Bertz CT molecular complexity index is 2420. The highest BCUT2D eigenvalue weighted by Gasteiger charge is 2.30. The average molecular weight is 1440 g/mol. The molecule has 100 heavy (non-hydrogen) atoms. The van der Waals surface area contributed by atoms with E-state index in [-0.39, 0.29) is 25.7 Å². The lowest BCUT2D eigenvalue weighted by Gasteiger charge is -2.21. The number of aliphatic hydroxyl groups excluding tert-OH is 1. The van der Waals surface area contributed by atoms with Crippen LogP contribution in [-0.4, -0.2) is 96.7 Å². The lowest BCUT2D eigenvalue weighted by molar-refractivity contribution is -0.161. The Kier molecular flexibility index (Phi) is 69.1. The first kappa shape index (κ1) is 95.2. The summed E-state index contributed by atoms with van der Waals surface area (Å²) < 4.78 is 68.4. The molecule has 0 amide bonds. The van der Waals surface area contributed by atoms with Crippen molar-refractivity contribution >= 4 is 39.5 Å². The Morgan fingerprint density at radius 1 is 0.290 bits per heavy atom. The number of allylic oxidation sites excluding steroid dienone is 22. The van der Waals surface area contributed by atoms with Gasteiger partial charge in [-0.1, -0.05) is 251 Å². The summed E-state index contributed by atoms with van der Waals surface area (Å²) in [5.41, 5.74) is 0. The molecule has 0 rings (SSSR count). The number of esters is 4. The fourth-order valence-electron chi connectivity index (χ4n) is 9.74. The molecular weight excluding hydrogens is 1310 g/mol. The van der Waals surface area contributed by atoms with Crippen molar-refractivity contribution < 1.29 is 80.2 Å². The number of carbonyl (C=O) groups is 4. The normalized spacial score (nSPS) is 14.7. The smallest absolute Gasteiger partial charge is 0.462 e. The zero-order chi connectivity index (χ0) is 73.2. The first-order chi connectivity index (χ1) is 48.7. The van der Waals surface area contributed by atoms with Crippen LogP contribution in [0, 0.1) is 0 Å². The molecule has 0 aromatic carbocycles. The second-order valence-corrected chi connectivity index (χ2v) is 28.1. The van der Waals surface area contributed by atoms with Crippen molar-refractivity contribution in [1.82, 2.24) is 0 Å². The number of aliphatic hydroxyl groups is 1. The predicted molar refractivity (Wildman–Crippen MR) is 408 cm³/mol. The van der Waals surface area contributed by atoms with Crippen molar-refractivity contribution in [3.63, 3.8) is 0 Å². The Morgan fingerprint density at radius 2 is 0.530 bits per heavy atom. The summed E-state index contributed by atoms with van der Waals surface area (Å²) in [7, 11) is -9.98. The Morgan fingerprint density at radius 3 is 0.870 bits per heavy atom. The molecule has 0 radical (unpaired) electrons. The second-order valence-electron chi connectivity index (χ2n) is 25.2. The second kappa shape index (κ2) is 72.5. The number of phosphoric acid groups is 2. The summed E-state index contributed by atoms with van der Waals surface area (Å²) in [4.78, 5) is 72.8. The number of carbonyl (C=O) groups excluding carboxylic acids is 4. The zero-order valence-corrected chi connectivity index (χ0v) is 64.1. The molecule has 5 atom stereocenters. The summed E-state index contributed by atoms with van der Waals surface area (Å²) in [5.74, 6) is -2.28. The minimum absolute atomic E-state index is 0.0311. The van der Waals surface area contributed by atoms with Gasteiger partial charge < -0.3 is 33.8 Å². The lowest BCUT2D eigenvalue weighted by Crippen LogP contribution is -2.30. The van der Waals surface area contributed by atoms with E-state index in [0.717, 1.165) is 161 Å². The van der Waals surface area contributed by atoms with Crippen molar-refractivity contribution in [2.24, 2.45) is 0 Å². The van der Waals surface area contributed by atoms with Crippen molar-refractivity contribution in [3.05, 3.63) is 134 Å². The van der Waals surface area contributed by atoms with Gasteiger partial charge in [-0.05, 0) is 154 Å². The number of hydrogen-bond acceptors (Lipinski definition) is 15. The third-order valence-electron chi connectivity index (χ3n) is 15.6. The highest BCUT2D eigenvalue weighted by Crippen LogP contribution is 2.45. The van der Waals surface area contributed by atoms with Gasteiger partial charge in [-0.25, -0.2) is 9.13 Å². The van der Waals surface area contributed by atoms with Crippen LogP contribution in [0.2, 0.25) is 0 Å². The van der Waals surface area contributed by atoms with E-state index >= 15 is 0 Å². The highest BCUT2D eigenvalue weighted by atomic mass is 31.2. The molecule has 0 saturated heterocycles. The van der Waals surface area contributed by atoms with Crippen LogP contribution in [0.5, 0.6) is 0 Å². The molecular formula is C81H136O17P2. The number of hydrogen-bond donors (Lipinski definition) is 3. The van der Waals surface area contributed by atoms with Crippen LogP contribution < -0.4 is 0 Å². The highest BCUT2D eigenvalue weighted by molar-refractivity contribution is 7.47. The van der Waals surface area contributed by atoms with Gasteiger partial charge in [0.15, 0.2) is 12.2 Å². The van der Waals surface area contributed by atoms with Crippen LogP contribution in [0.4, 0.5) is 0 Å². The van der Waals surface area contributed by atoms with Gasteiger partial charge in [0.1, 0.15) is 19.3 Å². The van der Waals surface area contributed by atoms with Gasteiger partial charge in [0.25, 0.3) is 0 Å². The summed E-state index contributed by atoms with van der Waals surface area (Å²) in [6, 6.07) is 0. The van der Waals surface area contributed by atoms with Gasteiger partial charge in [-0.2, -0.15) is 0 Å². The van der Waals surface area contributed by atoms with Crippen molar-refractivity contribution in [3.8, 4) is 0 Å². The molecule has 0 spiro atoms. The molecule has 3 N–H and O–H groups in total. The Hall–Kier alpha value is -4.80. The summed E-state index contributed by atoms with van der Waals surface area (Å²) >= 11 is 0. The third-order valence-corrected chi connectivity index (χ3v) is 17.5. The van der Waals surface area contributed by atoms with E-state index in [1.807, 2.05) is 0 Å². The molecule has 572 valence electrons. The Balaban J connectivity index is 5.40. The molecule has 0 bridgehead atoms. The monoisotopic (exact) mass is 1440 g/mol. The molecule has 0 aliphatic carbocycles. The van der Waals surface area contributed by atoms with Crippen LogP contribution in [0.1, 0.15) is 297 Å². The van der Waals surface area contributed by atoms with Crippen LogP contribution in [0.15, 0.2) is 134 Å². The lowest BCUT2D eigenvalue weighted by atomic mass is 10.1. The molecule has 17 nitrogen and oxygen atoms in total. The quantitative estimate of drug-likeness (QED) is 0.0169. The van der Waals surface area contributed by atoms with Gasteiger partial charge in [0, 0.05) is 25.7 Å². The standard InChI is InChI=1S/C81H136O17P2/c1-5-9-13-17-21-25-29-32-35-36-37-38-41-43-47-50-54-58-62-66-79(84)92-72-77(98-81(86)68-64-60-56-52-48-44-40-34-31-27-23-19-15-11-7-3)74-96-100(89,90)94-70-75(82)69-93-99(87,88)95-73-76(97-80(85)67-63-59-55-51-45-28-24-20-16-12-8-4)71-91-78(83)65-61-57-53-49-46-42-39-33-30-26-22-18-14-10-6-2/h9,11,13,15,20-21,23-25,27,32-35,37-40,43,47-48,52,75-77,82H,5-8,10,12,14,16-19,22,26,28-31,36,41-42,44-46,49-51,53-74H2,1-4H3,(H,87,88)(H,89,90)/b13-9-,15-11-,24-20-,25-21-,27-23-,35-32-,38-37-,39-33-,40-34-,47-43-,52-48-. The zero-order valence-electron chi connectivity index (χ0n) is 62.3. The number of rotatable bonds is 71. The van der Waals surface area contributed by atoms with E-state index in [2.05, 4.69) is 161 Å². The molecule has 5 unspecified atom stereocenters. The minimum atomic E-state index is -5.00. The van der Waals surface area contributed by atoms with Gasteiger partial charge in [-0.3, -0.25) is 37.3 Å². The number of phosphoric ester groups is 2. The van der Waals surface area contributed by atoms with Gasteiger partial charge in [-0.15, -0.1) is 0 Å². The average Bonchev–Trinajstić information content (AvgIpc) is 0.985. The number of ether oxygens (including phenoxy) is 4. The van der Waals surface area contributed by atoms with E-state index in [1.165, 1.54) is 51.4 Å². The molecule has 0 heterocycles. The predicted octanol–water partition coefficient (Wildman–Crippen LogP) is 22.1. The van der Waals surface area contributed by atoms with E-state index in [0.29, 0.717) is 32.1 Å². The molecule has 0 aliphatic heterocycles. The van der Waals surface area contributed by atoms with Gasteiger partial charge >= 0.3 is 39.5 Å². The van der Waals surface area contributed by atoms with Crippen LogP contribution in [0.3, 0.4) is 0 Å². The molecule has 0 aliphatic rings. The van der Waals surface area contributed by atoms with Crippen LogP contribution in [0.25, 0.3) is 0 Å². The molecule has 0 fully saturated rings. The topological polar surface area (TPSA) is 237 Å². The van der Waals surface area contributed by atoms with Crippen molar-refractivity contribution in [2.75, 3.05) is 39.6 Å². The van der Waals surface area contributed by atoms with Crippen molar-refractivity contribution in [2.45, 2.75) is 316 Å². The number of unbranched alkanes of at least 4 members (excludes halogenated alkanes) is 23. The molecule has 0 saturated carbocycles. The van der Waals surface area contributed by atoms with Gasteiger partial charge in [0.05, 0.1) is 26.4 Å². The van der Waals surface area contributed by atoms with Crippen LogP contribution in [-0.2, 0) is 65.4 Å². The van der Waals surface area contributed by atoms with Crippen molar-refractivity contribution in [1.29, 1.82) is 0 Å².